The third kappa shape index (κ3) is 3.56. The van der Waals surface area contributed by atoms with Crippen LogP contribution in [0.5, 0.6) is 0 Å². The minimum Gasteiger partial charge on any atom is -0.317 e. The Kier molecular flexibility index (Phi) is 5.50. The Morgan fingerprint density at radius 3 is 2.70 bits per heavy atom. The fourth-order valence-electron chi connectivity index (χ4n) is 3.56. The van der Waals surface area contributed by atoms with Gasteiger partial charge in [0.05, 0.1) is 16.4 Å². The van der Waals surface area contributed by atoms with Gasteiger partial charge in [-0.05, 0) is 57.0 Å². The second kappa shape index (κ2) is 6.95. The first-order chi connectivity index (χ1) is 9.52. The van der Waals surface area contributed by atoms with Crippen LogP contribution in [0.25, 0.3) is 0 Å². The van der Waals surface area contributed by atoms with Gasteiger partial charge in [0.15, 0.2) is 0 Å². The van der Waals surface area contributed by atoms with Gasteiger partial charge in [0.1, 0.15) is 0 Å². The van der Waals surface area contributed by atoms with Crippen molar-refractivity contribution < 1.29 is 0 Å². The average Bonchev–Trinajstić information content (AvgIpc) is 2.64. The zero-order valence-electron chi connectivity index (χ0n) is 13.2. The Morgan fingerprint density at radius 1 is 1.35 bits per heavy atom. The summed E-state index contributed by atoms with van der Waals surface area (Å²) in [5.41, 5.74) is 2.17. The molecule has 2 rings (SSSR count). The van der Waals surface area contributed by atoms with Crippen molar-refractivity contribution >= 4 is 11.6 Å². The quantitative estimate of drug-likeness (QED) is 0.900. The molecule has 0 radical (unpaired) electrons. The highest BCUT2D eigenvalue weighted by Crippen LogP contribution is 2.37. The average molecular weight is 298 g/mol. The monoisotopic (exact) mass is 297 g/mol. The van der Waals surface area contributed by atoms with Crippen LogP contribution in [-0.4, -0.2) is 22.9 Å². The van der Waals surface area contributed by atoms with Gasteiger partial charge >= 0.3 is 0 Å². The van der Waals surface area contributed by atoms with E-state index in [0.717, 1.165) is 48.0 Å². The van der Waals surface area contributed by atoms with Crippen molar-refractivity contribution in [2.45, 2.75) is 46.5 Å². The number of aromatic nitrogens is 2. The van der Waals surface area contributed by atoms with E-state index in [2.05, 4.69) is 24.3 Å². The van der Waals surface area contributed by atoms with Crippen molar-refractivity contribution in [3.8, 4) is 0 Å². The molecule has 1 fully saturated rings. The van der Waals surface area contributed by atoms with Crippen LogP contribution < -0.4 is 5.32 Å². The summed E-state index contributed by atoms with van der Waals surface area (Å²) in [4.78, 5) is 0. The van der Waals surface area contributed by atoms with Crippen LogP contribution in [0.1, 0.15) is 44.5 Å². The smallest absolute Gasteiger partial charge is 0.0847 e. The van der Waals surface area contributed by atoms with E-state index in [1.54, 1.807) is 0 Å². The standard InChI is InChI=1S/C16H28ClN3/c1-5-18-10-13-7-6-11(2)8-14(13)9-15-16(17)12(3)19-20(15)4/h11,13-14,18H,5-10H2,1-4H3. The summed E-state index contributed by atoms with van der Waals surface area (Å²) >= 11 is 6.42. The predicted molar refractivity (Wildman–Crippen MR) is 85.2 cm³/mol. The zero-order valence-corrected chi connectivity index (χ0v) is 14.0. The fourth-order valence-corrected chi connectivity index (χ4v) is 3.80. The Balaban J connectivity index is 2.10. The van der Waals surface area contributed by atoms with Gasteiger partial charge in [-0.15, -0.1) is 0 Å². The molecule has 0 aromatic carbocycles. The largest absolute Gasteiger partial charge is 0.317 e. The highest BCUT2D eigenvalue weighted by molar-refractivity contribution is 6.31. The van der Waals surface area contributed by atoms with E-state index in [0.29, 0.717) is 0 Å². The van der Waals surface area contributed by atoms with Crippen molar-refractivity contribution in [3.63, 3.8) is 0 Å². The van der Waals surface area contributed by atoms with E-state index in [1.165, 1.54) is 25.0 Å². The fraction of sp³-hybridized carbons (Fsp3) is 0.812. The minimum atomic E-state index is 0.727. The summed E-state index contributed by atoms with van der Waals surface area (Å²) < 4.78 is 1.97. The van der Waals surface area contributed by atoms with Crippen molar-refractivity contribution in [1.82, 2.24) is 15.1 Å². The summed E-state index contributed by atoms with van der Waals surface area (Å²) in [5, 5.41) is 8.85. The molecule has 0 bridgehead atoms. The molecule has 0 spiro atoms. The van der Waals surface area contributed by atoms with Gasteiger partial charge in [0.2, 0.25) is 0 Å². The van der Waals surface area contributed by atoms with Crippen molar-refractivity contribution in [2.75, 3.05) is 13.1 Å². The molecule has 3 atom stereocenters. The molecular formula is C16H28ClN3. The zero-order chi connectivity index (χ0) is 14.7. The number of halogens is 1. The second-order valence-electron chi connectivity index (χ2n) is 6.42. The first-order valence-electron chi connectivity index (χ1n) is 7.91. The first kappa shape index (κ1) is 15.8. The SMILES string of the molecule is CCNCC1CCC(C)CC1Cc1c(Cl)c(C)nn1C. The van der Waals surface area contributed by atoms with Crippen molar-refractivity contribution in [1.29, 1.82) is 0 Å². The number of hydrogen-bond donors (Lipinski definition) is 1. The molecule has 1 aliphatic rings. The lowest BCUT2D eigenvalue weighted by Gasteiger charge is -2.35. The number of hydrogen-bond acceptors (Lipinski definition) is 2. The van der Waals surface area contributed by atoms with Gasteiger partial charge in [-0.25, -0.2) is 0 Å². The molecular weight excluding hydrogens is 270 g/mol. The Morgan fingerprint density at radius 2 is 2.10 bits per heavy atom. The molecule has 1 aromatic rings. The third-order valence-corrected chi connectivity index (χ3v) is 5.27. The third-order valence-electron chi connectivity index (χ3n) is 4.78. The summed E-state index contributed by atoms with van der Waals surface area (Å²) in [6, 6.07) is 0. The molecule has 20 heavy (non-hydrogen) atoms. The van der Waals surface area contributed by atoms with Gasteiger partial charge in [-0.3, -0.25) is 4.68 Å². The molecule has 1 aromatic heterocycles. The molecule has 0 aliphatic heterocycles. The number of rotatable bonds is 5. The Hall–Kier alpha value is -0.540. The number of aryl methyl sites for hydroxylation is 2. The maximum Gasteiger partial charge on any atom is 0.0847 e. The van der Waals surface area contributed by atoms with Gasteiger partial charge in [-0.1, -0.05) is 31.9 Å². The van der Waals surface area contributed by atoms with E-state index in [-0.39, 0.29) is 0 Å². The molecule has 3 unspecified atom stereocenters. The summed E-state index contributed by atoms with van der Waals surface area (Å²) in [6.45, 7) is 8.76. The second-order valence-corrected chi connectivity index (χ2v) is 6.80. The lowest BCUT2D eigenvalue weighted by Crippen LogP contribution is -2.34. The normalized spacial score (nSPS) is 26.9. The minimum absolute atomic E-state index is 0.727. The van der Waals surface area contributed by atoms with Crippen LogP contribution in [-0.2, 0) is 13.5 Å². The van der Waals surface area contributed by atoms with Crippen molar-refractivity contribution in [2.24, 2.45) is 24.8 Å². The van der Waals surface area contributed by atoms with E-state index in [4.69, 9.17) is 11.6 Å². The van der Waals surface area contributed by atoms with Gasteiger partial charge < -0.3 is 5.32 Å². The molecule has 114 valence electrons. The van der Waals surface area contributed by atoms with Crippen LogP contribution >= 0.6 is 11.6 Å². The molecule has 0 saturated heterocycles. The number of nitrogens with zero attached hydrogens (tertiary/aromatic N) is 2. The molecule has 1 aliphatic carbocycles. The lowest BCUT2D eigenvalue weighted by atomic mass is 9.72. The van der Waals surface area contributed by atoms with E-state index < -0.39 is 0 Å². The van der Waals surface area contributed by atoms with E-state index in [1.807, 2.05) is 18.7 Å². The Labute approximate surface area is 128 Å². The molecule has 1 saturated carbocycles. The van der Waals surface area contributed by atoms with Gasteiger partial charge in [-0.2, -0.15) is 5.10 Å². The topological polar surface area (TPSA) is 29.9 Å². The Bertz CT molecular complexity index is 439. The molecule has 1 heterocycles. The lowest BCUT2D eigenvalue weighted by molar-refractivity contribution is 0.182. The summed E-state index contributed by atoms with van der Waals surface area (Å²) in [6.07, 6.45) is 5.09. The molecule has 0 amide bonds. The summed E-state index contributed by atoms with van der Waals surface area (Å²) in [5.74, 6) is 2.34. The van der Waals surface area contributed by atoms with Gasteiger partial charge in [0.25, 0.3) is 0 Å². The van der Waals surface area contributed by atoms with Crippen LogP contribution in [0, 0.1) is 24.7 Å². The van der Waals surface area contributed by atoms with Gasteiger partial charge in [0, 0.05) is 7.05 Å². The van der Waals surface area contributed by atoms with Crippen LogP contribution in [0.2, 0.25) is 5.02 Å². The maximum atomic E-state index is 6.42. The van der Waals surface area contributed by atoms with Crippen LogP contribution in [0.3, 0.4) is 0 Å². The highest BCUT2D eigenvalue weighted by Gasteiger charge is 2.30. The highest BCUT2D eigenvalue weighted by atomic mass is 35.5. The molecule has 1 N–H and O–H groups in total. The first-order valence-corrected chi connectivity index (χ1v) is 8.29. The van der Waals surface area contributed by atoms with E-state index >= 15 is 0 Å². The van der Waals surface area contributed by atoms with Crippen LogP contribution in [0.4, 0.5) is 0 Å². The summed E-state index contributed by atoms with van der Waals surface area (Å²) in [7, 11) is 2.01. The van der Waals surface area contributed by atoms with E-state index in [9.17, 15) is 0 Å². The number of nitrogens with one attached hydrogen (secondary N) is 1. The van der Waals surface area contributed by atoms with Crippen LogP contribution in [0.15, 0.2) is 0 Å². The maximum absolute atomic E-state index is 6.42. The predicted octanol–water partition coefficient (Wildman–Crippen LogP) is 3.59. The molecule has 4 heteroatoms. The molecule has 3 nitrogen and oxygen atoms in total. The van der Waals surface area contributed by atoms with Crippen molar-refractivity contribution in [3.05, 3.63) is 16.4 Å².